The lowest BCUT2D eigenvalue weighted by Crippen LogP contribution is -2.06. The summed E-state index contributed by atoms with van der Waals surface area (Å²) < 4.78 is 35.6. The van der Waals surface area contributed by atoms with Crippen LogP contribution in [0.25, 0.3) is 27.8 Å². The lowest BCUT2D eigenvalue weighted by atomic mass is 9.89. The van der Waals surface area contributed by atoms with Crippen molar-refractivity contribution in [3.05, 3.63) is 71.6 Å². The summed E-state index contributed by atoms with van der Waals surface area (Å²) in [5.41, 5.74) is 2.87. The number of hydrogen-bond donors (Lipinski definition) is 1. The molecular weight excluding hydrogens is 428 g/mol. The van der Waals surface area contributed by atoms with Gasteiger partial charge in [0.25, 0.3) is 0 Å². The van der Waals surface area contributed by atoms with E-state index in [4.69, 9.17) is 4.74 Å². The predicted molar refractivity (Wildman–Crippen MR) is 119 cm³/mol. The molecule has 2 aromatic heterocycles. The second kappa shape index (κ2) is 8.27. The molecule has 1 aliphatic carbocycles. The Kier molecular flexibility index (Phi) is 5.28. The highest BCUT2D eigenvalue weighted by Gasteiger charge is 2.24. The number of methoxy groups -OCH3 is 1. The number of aromatic nitrogens is 3. The number of aromatic carboxylic acids is 1. The fourth-order valence-corrected chi connectivity index (χ4v) is 4.63. The molecular formula is C25H21F2N3O3. The van der Waals surface area contributed by atoms with E-state index in [1.165, 1.54) is 30.0 Å². The van der Waals surface area contributed by atoms with Crippen LogP contribution in [0.5, 0.6) is 5.75 Å². The number of hydrogen-bond acceptors (Lipinski definition) is 4. The standard InChI is InChI=1S/C25H21F2N3O3/c1-33-18-10-16(26)9-17(11-18)30-13-22-24(29-30)23(21(27)12-28-22)15-6-7-19(25(31)32)20(8-15)14-4-2-3-5-14/h6-14H,2-5H2,1H3,(H,31,32). The molecule has 1 N–H and O–H groups in total. The SMILES string of the molecule is COc1cc(F)cc(-n2cc3ncc(F)c(-c4ccc(C(=O)O)c(C5CCCC5)c4)c3n2)c1. The number of carboxylic acids is 1. The Morgan fingerprint density at radius 1 is 1.15 bits per heavy atom. The molecule has 33 heavy (non-hydrogen) atoms. The van der Waals surface area contributed by atoms with Crippen LogP contribution in [0, 0.1) is 11.6 Å². The number of ether oxygens (including phenoxy) is 1. The summed E-state index contributed by atoms with van der Waals surface area (Å²) in [5, 5.41) is 14.2. The van der Waals surface area contributed by atoms with E-state index in [0.29, 0.717) is 28.0 Å². The van der Waals surface area contributed by atoms with E-state index in [1.54, 1.807) is 24.4 Å². The first-order chi connectivity index (χ1) is 15.9. The van der Waals surface area contributed by atoms with Gasteiger partial charge < -0.3 is 9.84 Å². The third kappa shape index (κ3) is 3.82. The molecule has 1 fully saturated rings. The van der Waals surface area contributed by atoms with Crippen molar-refractivity contribution in [1.82, 2.24) is 14.8 Å². The van der Waals surface area contributed by atoms with Gasteiger partial charge in [-0.05, 0) is 48.1 Å². The van der Waals surface area contributed by atoms with E-state index in [-0.39, 0.29) is 17.0 Å². The van der Waals surface area contributed by atoms with Gasteiger partial charge in [-0.3, -0.25) is 0 Å². The van der Waals surface area contributed by atoms with Gasteiger partial charge in [0, 0.05) is 17.7 Å². The molecule has 2 heterocycles. The van der Waals surface area contributed by atoms with Crippen LogP contribution in [0.15, 0.2) is 48.8 Å². The molecule has 4 aromatic rings. The van der Waals surface area contributed by atoms with E-state index in [2.05, 4.69) is 10.1 Å². The lowest BCUT2D eigenvalue weighted by molar-refractivity contribution is 0.0695. The van der Waals surface area contributed by atoms with Crippen LogP contribution in [-0.4, -0.2) is 33.0 Å². The number of pyridine rings is 1. The Bertz CT molecular complexity index is 1380. The molecule has 1 aliphatic rings. The average Bonchev–Trinajstić information content (AvgIpc) is 3.48. The highest BCUT2D eigenvalue weighted by Crippen LogP contribution is 2.39. The number of fused-ring (bicyclic) bond motifs is 1. The van der Waals surface area contributed by atoms with E-state index in [9.17, 15) is 14.3 Å². The van der Waals surface area contributed by atoms with Crippen molar-refractivity contribution in [3.8, 4) is 22.6 Å². The first-order valence-corrected chi connectivity index (χ1v) is 10.7. The third-order valence-corrected chi connectivity index (χ3v) is 6.21. The molecule has 1 saturated carbocycles. The topological polar surface area (TPSA) is 77.2 Å². The molecule has 2 aromatic carbocycles. The van der Waals surface area contributed by atoms with E-state index in [1.807, 2.05) is 0 Å². The maximum atomic E-state index is 15.1. The van der Waals surface area contributed by atoms with Crippen LogP contribution in [0.3, 0.4) is 0 Å². The normalized spacial score (nSPS) is 14.2. The molecule has 0 aliphatic heterocycles. The number of carbonyl (C=O) groups is 1. The zero-order valence-electron chi connectivity index (χ0n) is 17.9. The quantitative estimate of drug-likeness (QED) is 0.421. The van der Waals surface area contributed by atoms with Gasteiger partial charge in [-0.2, -0.15) is 5.10 Å². The highest BCUT2D eigenvalue weighted by molar-refractivity contribution is 5.94. The molecule has 0 atom stereocenters. The largest absolute Gasteiger partial charge is 0.497 e. The third-order valence-electron chi connectivity index (χ3n) is 6.21. The smallest absolute Gasteiger partial charge is 0.335 e. The molecule has 0 unspecified atom stereocenters. The van der Waals surface area contributed by atoms with Gasteiger partial charge in [-0.25, -0.2) is 23.2 Å². The number of carboxylic acid groups (broad SMARTS) is 1. The Morgan fingerprint density at radius 3 is 2.67 bits per heavy atom. The molecule has 168 valence electrons. The van der Waals surface area contributed by atoms with Gasteiger partial charge in [0.2, 0.25) is 0 Å². The van der Waals surface area contributed by atoms with Gasteiger partial charge in [0.05, 0.1) is 30.8 Å². The Hall–Kier alpha value is -3.81. The molecule has 6 nitrogen and oxygen atoms in total. The van der Waals surface area contributed by atoms with Crippen LogP contribution in [-0.2, 0) is 0 Å². The minimum Gasteiger partial charge on any atom is -0.497 e. The van der Waals surface area contributed by atoms with Gasteiger partial charge in [0.15, 0.2) is 5.82 Å². The molecule has 5 rings (SSSR count). The summed E-state index contributed by atoms with van der Waals surface area (Å²) in [5.74, 6) is -1.59. The monoisotopic (exact) mass is 449 g/mol. The fourth-order valence-electron chi connectivity index (χ4n) is 4.63. The van der Waals surface area contributed by atoms with Gasteiger partial charge in [0.1, 0.15) is 22.6 Å². The van der Waals surface area contributed by atoms with Crippen molar-refractivity contribution in [2.45, 2.75) is 31.6 Å². The number of halogens is 2. The second-order valence-corrected chi connectivity index (χ2v) is 8.23. The summed E-state index contributed by atoms with van der Waals surface area (Å²) in [6.45, 7) is 0. The summed E-state index contributed by atoms with van der Waals surface area (Å²) in [6.07, 6.45) is 6.63. The maximum Gasteiger partial charge on any atom is 0.335 e. The minimum atomic E-state index is -0.992. The fraction of sp³-hybridized carbons (Fsp3) is 0.240. The van der Waals surface area contributed by atoms with E-state index >= 15 is 4.39 Å². The summed E-state index contributed by atoms with van der Waals surface area (Å²) in [6, 6.07) is 9.07. The van der Waals surface area contributed by atoms with Gasteiger partial charge in [-0.15, -0.1) is 0 Å². The van der Waals surface area contributed by atoms with E-state index in [0.717, 1.165) is 37.4 Å². The molecule has 0 amide bonds. The predicted octanol–water partition coefficient (Wildman–Crippen LogP) is 5.73. The maximum absolute atomic E-state index is 15.1. The van der Waals surface area contributed by atoms with Crippen molar-refractivity contribution in [2.75, 3.05) is 7.11 Å². The van der Waals surface area contributed by atoms with Crippen molar-refractivity contribution >= 4 is 17.0 Å². The van der Waals surface area contributed by atoms with E-state index < -0.39 is 17.6 Å². The molecule has 8 heteroatoms. The van der Waals surface area contributed by atoms with Crippen molar-refractivity contribution < 1.29 is 23.4 Å². The van der Waals surface area contributed by atoms with Crippen LogP contribution < -0.4 is 4.74 Å². The zero-order valence-corrected chi connectivity index (χ0v) is 17.9. The van der Waals surface area contributed by atoms with Crippen LogP contribution in [0.1, 0.15) is 47.5 Å². The summed E-state index contributed by atoms with van der Waals surface area (Å²) in [4.78, 5) is 16.0. The Labute approximate surface area is 188 Å². The molecule has 0 bridgehead atoms. The molecule has 0 spiro atoms. The average molecular weight is 449 g/mol. The Balaban J connectivity index is 1.67. The minimum absolute atomic E-state index is 0.133. The van der Waals surface area contributed by atoms with Gasteiger partial charge in [-0.1, -0.05) is 18.9 Å². The number of benzene rings is 2. The van der Waals surface area contributed by atoms with Crippen molar-refractivity contribution in [1.29, 1.82) is 0 Å². The van der Waals surface area contributed by atoms with Gasteiger partial charge >= 0.3 is 5.97 Å². The summed E-state index contributed by atoms with van der Waals surface area (Å²) >= 11 is 0. The second-order valence-electron chi connectivity index (χ2n) is 8.23. The highest BCUT2D eigenvalue weighted by atomic mass is 19.1. The number of nitrogens with zero attached hydrogens (tertiary/aromatic N) is 3. The Morgan fingerprint density at radius 2 is 1.94 bits per heavy atom. The number of rotatable bonds is 5. The first kappa shape index (κ1) is 21.1. The summed E-state index contributed by atoms with van der Waals surface area (Å²) in [7, 11) is 1.44. The van der Waals surface area contributed by atoms with Crippen LogP contribution >= 0.6 is 0 Å². The zero-order chi connectivity index (χ0) is 23.1. The lowest BCUT2D eigenvalue weighted by Gasteiger charge is -2.15. The van der Waals surface area contributed by atoms with Crippen LogP contribution in [0.2, 0.25) is 0 Å². The van der Waals surface area contributed by atoms with Crippen molar-refractivity contribution in [3.63, 3.8) is 0 Å². The van der Waals surface area contributed by atoms with Crippen LogP contribution in [0.4, 0.5) is 8.78 Å². The first-order valence-electron chi connectivity index (χ1n) is 10.7. The molecule has 0 radical (unpaired) electrons. The molecule has 0 saturated heterocycles. The van der Waals surface area contributed by atoms with Crippen molar-refractivity contribution in [2.24, 2.45) is 0 Å².